The number of halogens is 1. The van der Waals surface area contributed by atoms with Crippen LogP contribution < -0.4 is 9.83 Å². The molecule has 0 unspecified atom stereocenters. The highest BCUT2D eigenvalue weighted by molar-refractivity contribution is 7.92. The van der Waals surface area contributed by atoms with Gasteiger partial charge in [0, 0.05) is 0 Å². The molecule has 0 amide bonds. The average Bonchev–Trinajstić information content (AvgIpc) is 2.41. The van der Waals surface area contributed by atoms with Crippen molar-refractivity contribution in [1.29, 1.82) is 0 Å². The van der Waals surface area contributed by atoms with Crippen LogP contribution in [0.5, 0.6) is 0 Å². The molecule has 0 atom stereocenters. The Hall–Kier alpha value is -2.41. The topological polar surface area (TPSA) is 86.3 Å². The maximum atomic E-state index is 13.4. The van der Waals surface area contributed by atoms with Gasteiger partial charge in [0.25, 0.3) is 10.0 Å². The number of carboxylic acids is 1. The number of carbonyl (C=O) groups excluding carboxylic acids is 1. The lowest BCUT2D eigenvalue weighted by Crippen LogP contribution is -2.23. The molecule has 0 spiro atoms. The van der Waals surface area contributed by atoms with Gasteiger partial charge in [0.2, 0.25) is 0 Å². The van der Waals surface area contributed by atoms with Gasteiger partial charge in [-0.2, -0.15) is 0 Å². The van der Waals surface area contributed by atoms with Crippen LogP contribution in [0.4, 0.5) is 10.1 Å². The summed E-state index contributed by atoms with van der Waals surface area (Å²) in [5.74, 6) is -2.22. The fraction of sp³-hybridized carbons (Fsp3) is 0. The fourth-order valence-electron chi connectivity index (χ4n) is 1.54. The zero-order valence-corrected chi connectivity index (χ0v) is 10.9. The molecule has 7 heteroatoms. The number of hydrogen-bond acceptors (Lipinski definition) is 4. The molecule has 1 N–H and O–H groups in total. The summed E-state index contributed by atoms with van der Waals surface area (Å²) >= 11 is 0. The number of nitrogens with one attached hydrogen (secondary N) is 1. The van der Waals surface area contributed by atoms with Crippen molar-refractivity contribution in [3.63, 3.8) is 0 Å². The minimum absolute atomic E-state index is 0.216. The molecule has 0 saturated heterocycles. The third kappa shape index (κ3) is 2.94. The van der Waals surface area contributed by atoms with Crippen molar-refractivity contribution in [2.75, 3.05) is 4.72 Å². The summed E-state index contributed by atoms with van der Waals surface area (Å²) in [5.41, 5.74) is -0.493. The number of para-hydroxylation sites is 1. The van der Waals surface area contributed by atoms with Crippen LogP contribution in [0.2, 0.25) is 0 Å². The van der Waals surface area contributed by atoms with Gasteiger partial charge in [0.1, 0.15) is 5.82 Å². The predicted molar refractivity (Wildman–Crippen MR) is 68.0 cm³/mol. The van der Waals surface area contributed by atoms with Crippen molar-refractivity contribution < 1.29 is 22.7 Å². The molecule has 2 aromatic carbocycles. The van der Waals surface area contributed by atoms with Crippen LogP contribution in [0, 0.1) is 5.82 Å². The first-order chi connectivity index (χ1) is 9.40. The van der Waals surface area contributed by atoms with Crippen molar-refractivity contribution >= 4 is 21.7 Å². The molecule has 0 radical (unpaired) electrons. The molecule has 2 rings (SSSR count). The largest absolute Gasteiger partial charge is 0.545 e. The van der Waals surface area contributed by atoms with E-state index in [1.165, 1.54) is 36.4 Å². The first-order valence-electron chi connectivity index (χ1n) is 5.49. The Bertz CT molecular complexity index is 758. The number of benzene rings is 2. The van der Waals surface area contributed by atoms with E-state index in [2.05, 4.69) is 4.72 Å². The average molecular weight is 294 g/mol. The highest BCUT2D eigenvalue weighted by Crippen LogP contribution is 2.19. The van der Waals surface area contributed by atoms with E-state index >= 15 is 0 Å². The monoisotopic (exact) mass is 294 g/mol. The van der Waals surface area contributed by atoms with Crippen LogP contribution in [0.25, 0.3) is 0 Å². The van der Waals surface area contributed by atoms with Gasteiger partial charge in [-0.1, -0.05) is 24.3 Å². The van der Waals surface area contributed by atoms with Crippen molar-refractivity contribution in [3.8, 4) is 0 Å². The Kier molecular flexibility index (Phi) is 3.71. The smallest absolute Gasteiger partial charge is 0.262 e. The van der Waals surface area contributed by atoms with Gasteiger partial charge in [-0.3, -0.25) is 4.72 Å². The summed E-state index contributed by atoms with van der Waals surface area (Å²) < 4.78 is 39.5. The van der Waals surface area contributed by atoms with Crippen molar-refractivity contribution in [2.45, 2.75) is 4.90 Å². The van der Waals surface area contributed by atoms with Gasteiger partial charge in [-0.05, 0) is 29.8 Å². The molecule has 0 aliphatic heterocycles. The van der Waals surface area contributed by atoms with Gasteiger partial charge in [-0.15, -0.1) is 0 Å². The van der Waals surface area contributed by atoms with Gasteiger partial charge in [0.15, 0.2) is 0 Å². The number of aromatic carboxylic acids is 1. The molecular weight excluding hydrogens is 285 g/mol. The molecule has 0 aromatic heterocycles. The minimum atomic E-state index is -4.07. The quantitative estimate of drug-likeness (QED) is 0.911. The predicted octanol–water partition coefficient (Wildman–Crippen LogP) is 0.990. The van der Waals surface area contributed by atoms with Crippen LogP contribution in [0.3, 0.4) is 0 Å². The molecule has 0 heterocycles. The Balaban J connectivity index is 2.38. The maximum absolute atomic E-state index is 13.4. The Morgan fingerprint density at radius 1 is 1.10 bits per heavy atom. The Labute approximate surface area is 114 Å². The van der Waals surface area contributed by atoms with Crippen LogP contribution in [-0.2, 0) is 10.0 Å². The maximum Gasteiger partial charge on any atom is 0.262 e. The molecule has 0 saturated carbocycles. The molecular formula is C13H9FNO4S-. The highest BCUT2D eigenvalue weighted by Gasteiger charge is 2.16. The van der Waals surface area contributed by atoms with E-state index in [1.54, 1.807) is 0 Å². The van der Waals surface area contributed by atoms with Crippen LogP contribution >= 0.6 is 0 Å². The second-order valence-corrected chi connectivity index (χ2v) is 5.58. The molecule has 20 heavy (non-hydrogen) atoms. The highest BCUT2D eigenvalue weighted by atomic mass is 32.2. The number of anilines is 1. The van der Waals surface area contributed by atoms with Gasteiger partial charge in [-0.25, -0.2) is 12.8 Å². The van der Waals surface area contributed by atoms with E-state index in [4.69, 9.17) is 0 Å². The minimum Gasteiger partial charge on any atom is -0.545 e. The Morgan fingerprint density at radius 3 is 2.45 bits per heavy atom. The van der Waals surface area contributed by atoms with E-state index in [0.29, 0.717) is 0 Å². The van der Waals surface area contributed by atoms with Crippen molar-refractivity contribution in [3.05, 3.63) is 59.9 Å². The summed E-state index contributed by atoms with van der Waals surface area (Å²) in [6.07, 6.45) is 0. The first-order valence-corrected chi connectivity index (χ1v) is 6.97. The SMILES string of the molecule is O=C([O-])c1cccc(S(=O)(=O)Nc2ccccc2F)c1. The Morgan fingerprint density at radius 2 is 1.80 bits per heavy atom. The van der Waals surface area contributed by atoms with E-state index in [-0.39, 0.29) is 16.1 Å². The zero-order valence-electron chi connectivity index (χ0n) is 10.0. The van der Waals surface area contributed by atoms with Crippen molar-refractivity contribution in [1.82, 2.24) is 0 Å². The number of carbonyl (C=O) groups is 1. The summed E-state index contributed by atoms with van der Waals surface area (Å²) in [7, 11) is -4.07. The lowest BCUT2D eigenvalue weighted by Gasteiger charge is -2.10. The molecule has 0 aliphatic carbocycles. The number of hydrogen-bond donors (Lipinski definition) is 1. The van der Waals surface area contributed by atoms with Crippen LogP contribution in [0.15, 0.2) is 53.4 Å². The fourth-order valence-corrected chi connectivity index (χ4v) is 2.65. The summed E-state index contributed by atoms with van der Waals surface area (Å²) in [6.45, 7) is 0. The van der Waals surface area contributed by atoms with Crippen molar-refractivity contribution in [2.24, 2.45) is 0 Å². The van der Waals surface area contributed by atoms with Gasteiger partial charge < -0.3 is 9.90 Å². The number of carboxylic acid groups (broad SMARTS) is 1. The van der Waals surface area contributed by atoms with Crippen LogP contribution in [0.1, 0.15) is 10.4 Å². The van der Waals surface area contributed by atoms with Gasteiger partial charge in [0.05, 0.1) is 16.6 Å². The molecule has 104 valence electrons. The lowest BCUT2D eigenvalue weighted by atomic mass is 10.2. The van der Waals surface area contributed by atoms with E-state index in [0.717, 1.165) is 12.1 Å². The van der Waals surface area contributed by atoms with E-state index in [1.807, 2.05) is 0 Å². The standard InChI is InChI=1S/C13H10FNO4S/c14-11-6-1-2-7-12(11)15-20(18,19)10-5-3-4-9(8-10)13(16)17/h1-8,15H,(H,16,17)/p-1. The van der Waals surface area contributed by atoms with E-state index in [9.17, 15) is 22.7 Å². The van der Waals surface area contributed by atoms with E-state index < -0.39 is 21.8 Å². The second-order valence-electron chi connectivity index (χ2n) is 3.90. The number of rotatable bonds is 4. The molecule has 0 bridgehead atoms. The third-order valence-corrected chi connectivity index (χ3v) is 3.86. The summed E-state index contributed by atoms with van der Waals surface area (Å²) in [5, 5.41) is 10.7. The molecule has 2 aromatic rings. The van der Waals surface area contributed by atoms with Crippen LogP contribution in [-0.4, -0.2) is 14.4 Å². The number of sulfonamides is 1. The third-order valence-electron chi connectivity index (χ3n) is 2.50. The lowest BCUT2D eigenvalue weighted by molar-refractivity contribution is -0.255. The zero-order chi connectivity index (χ0) is 14.8. The molecule has 0 fully saturated rings. The first kappa shape index (κ1) is 14.0. The summed E-state index contributed by atoms with van der Waals surface area (Å²) in [6, 6.07) is 9.87. The second kappa shape index (κ2) is 5.30. The summed E-state index contributed by atoms with van der Waals surface area (Å²) in [4.78, 5) is 10.4. The molecule has 5 nitrogen and oxygen atoms in total. The molecule has 0 aliphatic rings. The van der Waals surface area contributed by atoms with Gasteiger partial charge >= 0.3 is 0 Å². The normalized spacial score (nSPS) is 11.1.